The molecule has 0 aromatic heterocycles. The molecule has 1 fully saturated rings. The highest BCUT2D eigenvalue weighted by Gasteiger charge is 2.29. The van der Waals surface area contributed by atoms with Crippen LogP contribution in [0.15, 0.2) is 4.99 Å². The maximum Gasteiger partial charge on any atom is 0.255 e. The molecule has 1 heterocycles. The van der Waals surface area contributed by atoms with Gasteiger partial charge in [-0.1, -0.05) is 0 Å². The Hall–Kier alpha value is -0.180. The first-order valence-electron chi connectivity index (χ1n) is 6.00. The number of aliphatic imine (C=N–C) groups is 1. The van der Waals surface area contributed by atoms with E-state index < -0.39 is 6.43 Å². The first kappa shape index (κ1) is 17.8. The van der Waals surface area contributed by atoms with Crippen molar-refractivity contribution in [3.8, 4) is 0 Å². The van der Waals surface area contributed by atoms with Crippen LogP contribution in [0.25, 0.3) is 0 Å². The Kier molecular flexibility index (Phi) is 8.75. The van der Waals surface area contributed by atoms with Crippen molar-refractivity contribution >= 4 is 29.9 Å². The van der Waals surface area contributed by atoms with Gasteiger partial charge < -0.3 is 15.4 Å². The summed E-state index contributed by atoms with van der Waals surface area (Å²) in [6.07, 6.45) is -0.380. The van der Waals surface area contributed by atoms with Crippen LogP contribution in [0.4, 0.5) is 8.78 Å². The van der Waals surface area contributed by atoms with E-state index in [4.69, 9.17) is 4.74 Å². The molecule has 0 aliphatic carbocycles. The molecule has 1 atom stereocenters. The van der Waals surface area contributed by atoms with Gasteiger partial charge in [0.25, 0.3) is 6.43 Å². The van der Waals surface area contributed by atoms with Gasteiger partial charge in [-0.05, 0) is 26.7 Å². The van der Waals surface area contributed by atoms with Gasteiger partial charge in [0.15, 0.2) is 5.96 Å². The normalized spacial score (nSPS) is 23.9. The molecule has 1 aliphatic heterocycles. The molecular weight excluding hydrogens is 355 g/mol. The number of hydrogen-bond donors (Lipinski definition) is 2. The van der Waals surface area contributed by atoms with Crippen LogP contribution < -0.4 is 10.6 Å². The lowest BCUT2D eigenvalue weighted by Crippen LogP contribution is -2.41. The minimum Gasteiger partial charge on any atom is -0.373 e. The Labute approximate surface area is 124 Å². The van der Waals surface area contributed by atoms with E-state index in [0.29, 0.717) is 19.0 Å². The molecule has 1 unspecified atom stereocenters. The highest BCUT2D eigenvalue weighted by Crippen LogP contribution is 2.24. The summed E-state index contributed by atoms with van der Waals surface area (Å²) in [5.41, 5.74) is -0.243. The van der Waals surface area contributed by atoms with Gasteiger partial charge in [-0.3, -0.25) is 4.99 Å². The largest absolute Gasteiger partial charge is 0.373 e. The van der Waals surface area contributed by atoms with E-state index in [0.717, 1.165) is 19.4 Å². The van der Waals surface area contributed by atoms with Gasteiger partial charge >= 0.3 is 0 Å². The molecular formula is C11H22F2IN3O. The Morgan fingerprint density at radius 2 is 2.17 bits per heavy atom. The first-order valence-corrected chi connectivity index (χ1v) is 6.00. The van der Waals surface area contributed by atoms with E-state index in [2.05, 4.69) is 15.6 Å². The minimum absolute atomic E-state index is 0. The van der Waals surface area contributed by atoms with Crippen LogP contribution in [0.2, 0.25) is 0 Å². The number of ether oxygens (including phenoxy) is 1. The van der Waals surface area contributed by atoms with E-state index in [9.17, 15) is 8.78 Å². The fraction of sp³-hybridized carbons (Fsp3) is 0.909. The molecule has 2 N–H and O–H groups in total. The smallest absolute Gasteiger partial charge is 0.255 e. The average Bonchev–Trinajstić information content (AvgIpc) is 2.70. The topological polar surface area (TPSA) is 45.7 Å². The number of rotatable bonds is 5. The molecule has 108 valence electrons. The van der Waals surface area contributed by atoms with Crippen LogP contribution in [0, 0.1) is 0 Å². The maximum absolute atomic E-state index is 12.1. The van der Waals surface area contributed by atoms with Crippen LogP contribution in [-0.4, -0.2) is 44.2 Å². The number of alkyl halides is 2. The van der Waals surface area contributed by atoms with E-state index >= 15 is 0 Å². The predicted octanol–water partition coefficient (Wildman–Crippen LogP) is 1.99. The van der Waals surface area contributed by atoms with Gasteiger partial charge in [-0.15, -0.1) is 24.0 Å². The summed E-state index contributed by atoms with van der Waals surface area (Å²) in [6, 6.07) is 0. The summed E-state index contributed by atoms with van der Waals surface area (Å²) in [5.74, 6) is 0.421. The van der Waals surface area contributed by atoms with Crippen molar-refractivity contribution in [1.82, 2.24) is 10.6 Å². The van der Waals surface area contributed by atoms with Crippen molar-refractivity contribution in [2.24, 2.45) is 4.99 Å². The van der Waals surface area contributed by atoms with Gasteiger partial charge in [0.05, 0.1) is 18.7 Å². The van der Waals surface area contributed by atoms with Crippen LogP contribution in [0.1, 0.15) is 26.7 Å². The van der Waals surface area contributed by atoms with Gasteiger partial charge in [0.2, 0.25) is 0 Å². The predicted molar refractivity (Wildman–Crippen MR) is 79.0 cm³/mol. The molecule has 1 aliphatic rings. The minimum atomic E-state index is -2.38. The van der Waals surface area contributed by atoms with Crippen LogP contribution in [-0.2, 0) is 4.74 Å². The monoisotopic (exact) mass is 377 g/mol. The van der Waals surface area contributed by atoms with Crippen molar-refractivity contribution in [2.45, 2.75) is 38.7 Å². The zero-order valence-electron chi connectivity index (χ0n) is 10.8. The van der Waals surface area contributed by atoms with Gasteiger partial charge in [-0.2, -0.15) is 0 Å². The van der Waals surface area contributed by atoms with Crippen LogP contribution in [0.5, 0.6) is 0 Å². The molecule has 18 heavy (non-hydrogen) atoms. The second kappa shape index (κ2) is 8.84. The second-order valence-corrected chi connectivity index (χ2v) is 4.37. The number of hydrogen-bond acceptors (Lipinski definition) is 2. The van der Waals surface area contributed by atoms with Gasteiger partial charge in [0, 0.05) is 13.2 Å². The lowest BCUT2D eigenvalue weighted by Gasteiger charge is -2.21. The zero-order valence-corrected chi connectivity index (χ0v) is 13.2. The van der Waals surface area contributed by atoms with E-state index in [1.54, 1.807) is 0 Å². The highest BCUT2D eigenvalue weighted by atomic mass is 127. The number of halogens is 3. The average molecular weight is 377 g/mol. The van der Waals surface area contributed by atoms with E-state index in [1.165, 1.54) is 0 Å². The molecule has 1 rings (SSSR count). The van der Waals surface area contributed by atoms with E-state index in [-0.39, 0.29) is 36.1 Å². The molecule has 0 bridgehead atoms. The molecule has 0 aromatic rings. The van der Waals surface area contributed by atoms with Crippen molar-refractivity contribution < 1.29 is 13.5 Å². The van der Waals surface area contributed by atoms with Gasteiger partial charge in [-0.25, -0.2) is 8.78 Å². The Morgan fingerprint density at radius 1 is 1.44 bits per heavy atom. The molecule has 0 aromatic carbocycles. The lowest BCUT2D eigenvalue weighted by molar-refractivity contribution is 0.0283. The fourth-order valence-electron chi connectivity index (χ4n) is 1.72. The molecule has 0 radical (unpaired) electrons. The van der Waals surface area contributed by atoms with Crippen molar-refractivity contribution in [2.75, 3.05) is 26.2 Å². The van der Waals surface area contributed by atoms with Crippen molar-refractivity contribution in [3.05, 3.63) is 0 Å². The number of nitrogens with zero attached hydrogens (tertiary/aromatic N) is 1. The highest BCUT2D eigenvalue weighted by molar-refractivity contribution is 14.0. The first-order chi connectivity index (χ1) is 8.06. The summed E-state index contributed by atoms with van der Waals surface area (Å²) in [7, 11) is 0. The zero-order chi connectivity index (χ0) is 12.7. The number of nitrogens with one attached hydrogen (secondary N) is 2. The number of guanidine groups is 1. The summed E-state index contributed by atoms with van der Waals surface area (Å²) in [4.78, 5) is 4.28. The summed E-state index contributed by atoms with van der Waals surface area (Å²) in [6.45, 7) is 5.40. The quantitative estimate of drug-likeness (QED) is 0.438. The van der Waals surface area contributed by atoms with Crippen molar-refractivity contribution in [1.29, 1.82) is 0 Å². The molecule has 4 nitrogen and oxygen atoms in total. The third-order valence-electron chi connectivity index (χ3n) is 2.64. The maximum atomic E-state index is 12.1. The Balaban J connectivity index is 0.00000289. The fourth-order valence-corrected chi connectivity index (χ4v) is 1.72. The molecule has 0 saturated carbocycles. The Morgan fingerprint density at radius 3 is 2.67 bits per heavy atom. The lowest BCUT2D eigenvalue weighted by atomic mass is 10.0. The van der Waals surface area contributed by atoms with Gasteiger partial charge in [0.1, 0.15) is 0 Å². The third kappa shape index (κ3) is 6.67. The second-order valence-electron chi connectivity index (χ2n) is 4.37. The SMILES string of the molecule is CCNC(=NCC1(C)CCCO1)NCC(F)F.I. The van der Waals surface area contributed by atoms with Crippen molar-refractivity contribution in [3.63, 3.8) is 0 Å². The Bertz CT molecular complexity index is 259. The molecule has 7 heteroatoms. The van der Waals surface area contributed by atoms with E-state index in [1.807, 2.05) is 13.8 Å². The molecule has 0 spiro atoms. The summed E-state index contributed by atoms with van der Waals surface area (Å²) < 4.78 is 29.7. The third-order valence-corrected chi connectivity index (χ3v) is 2.64. The molecule has 1 saturated heterocycles. The summed E-state index contributed by atoms with van der Waals surface area (Å²) in [5, 5.41) is 5.52. The standard InChI is InChI=1S/C11H21F2N3O.HI/c1-3-14-10(15-7-9(12)13)16-8-11(2)5-4-6-17-11;/h9H,3-8H2,1-2H3,(H2,14,15,16);1H. The molecule has 0 amide bonds. The summed E-state index contributed by atoms with van der Waals surface area (Å²) >= 11 is 0. The van der Waals surface area contributed by atoms with Crippen LogP contribution >= 0.6 is 24.0 Å². The van der Waals surface area contributed by atoms with Crippen LogP contribution in [0.3, 0.4) is 0 Å².